The number of rotatable bonds is 8. The first-order valence-corrected chi connectivity index (χ1v) is 10.1. The Bertz CT molecular complexity index is 703. The first kappa shape index (κ1) is 18.6. The molecule has 2 heterocycles. The first-order chi connectivity index (χ1) is 12.7. The minimum atomic E-state index is -0.0966. The summed E-state index contributed by atoms with van der Waals surface area (Å²) in [6.07, 6.45) is 5.54. The molecule has 0 spiro atoms. The number of aromatic nitrogens is 1. The summed E-state index contributed by atoms with van der Waals surface area (Å²) >= 11 is 1.60. The van der Waals surface area contributed by atoms with Crippen LogP contribution in [0, 0.1) is 5.92 Å². The highest BCUT2D eigenvalue weighted by atomic mass is 32.1. The smallest absolute Gasteiger partial charge is 0.224 e. The lowest BCUT2D eigenvalue weighted by atomic mass is 9.96. The molecule has 0 bridgehead atoms. The van der Waals surface area contributed by atoms with E-state index in [1.165, 1.54) is 5.56 Å². The van der Waals surface area contributed by atoms with Gasteiger partial charge in [0, 0.05) is 44.1 Å². The Kier molecular flexibility index (Phi) is 6.77. The number of carbonyl (C=O) groups is 2. The zero-order chi connectivity index (χ0) is 18.2. The lowest BCUT2D eigenvalue weighted by molar-refractivity contribution is -0.138. The Morgan fingerprint density at radius 3 is 2.88 bits per heavy atom. The van der Waals surface area contributed by atoms with Crippen LogP contribution in [-0.2, 0) is 22.4 Å². The van der Waals surface area contributed by atoms with E-state index in [9.17, 15) is 9.59 Å². The Balaban J connectivity index is 1.41. The van der Waals surface area contributed by atoms with Crippen molar-refractivity contribution in [2.24, 2.45) is 5.92 Å². The van der Waals surface area contributed by atoms with Crippen molar-refractivity contribution in [2.45, 2.75) is 32.1 Å². The van der Waals surface area contributed by atoms with Crippen LogP contribution in [0.1, 0.15) is 29.8 Å². The quantitative estimate of drug-likeness (QED) is 0.776. The minimum absolute atomic E-state index is 0.0575. The van der Waals surface area contributed by atoms with Crippen LogP contribution in [0.3, 0.4) is 0 Å². The molecule has 2 aromatic rings. The molecule has 1 aliphatic heterocycles. The van der Waals surface area contributed by atoms with Crippen molar-refractivity contribution < 1.29 is 9.59 Å². The summed E-state index contributed by atoms with van der Waals surface area (Å²) in [5.41, 5.74) is 1.29. The van der Waals surface area contributed by atoms with E-state index in [4.69, 9.17) is 0 Å². The van der Waals surface area contributed by atoms with Gasteiger partial charge in [-0.3, -0.25) is 9.59 Å². The van der Waals surface area contributed by atoms with Gasteiger partial charge in [0.1, 0.15) is 0 Å². The molecular weight excluding hydrogens is 346 g/mol. The number of piperidine rings is 1. The molecule has 1 aromatic carbocycles. The third-order valence-corrected chi connectivity index (χ3v) is 5.57. The van der Waals surface area contributed by atoms with Crippen molar-refractivity contribution in [3.05, 3.63) is 52.5 Å². The zero-order valence-electron chi connectivity index (χ0n) is 14.9. The van der Waals surface area contributed by atoms with Crippen molar-refractivity contribution >= 4 is 23.2 Å². The van der Waals surface area contributed by atoms with Crippen molar-refractivity contribution in [1.29, 1.82) is 0 Å². The molecule has 26 heavy (non-hydrogen) atoms. The largest absolute Gasteiger partial charge is 0.355 e. The molecule has 0 saturated carbocycles. The summed E-state index contributed by atoms with van der Waals surface area (Å²) in [4.78, 5) is 30.6. The highest BCUT2D eigenvalue weighted by molar-refractivity contribution is 7.09. The summed E-state index contributed by atoms with van der Waals surface area (Å²) < 4.78 is 0. The number of carbonyl (C=O) groups excluding carboxylic acids is 2. The van der Waals surface area contributed by atoms with Crippen LogP contribution in [0.5, 0.6) is 0 Å². The summed E-state index contributed by atoms with van der Waals surface area (Å²) in [5.74, 6) is 0.132. The second kappa shape index (κ2) is 9.48. The number of thiazole rings is 1. The molecule has 1 atom stereocenters. The van der Waals surface area contributed by atoms with E-state index in [2.05, 4.69) is 22.4 Å². The van der Waals surface area contributed by atoms with Crippen LogP contribution in [0.4, 0.5) is 0 Å². The van der Waals surface area contributed by atoms with Crippen LogP contribution in [0.15, 0.2) is 41.9 Å². The molecule has 0 unspecified atom stereocenters. The Hall–Kier alpha value is -2.21. The maximum Gasteiger partial charge on any atom is 0.224 e. The van der Waals surface area contributed by atoms with Crippen LogP contribution < -0.4 is 5.32 Å². The molecule has 6 heteroatoms. The number of amides is 2. The van der Waals surface area contributed by atoms with Crippen LogP contribution in [0.2, 0.25) is 0 Å². The second-order valence-electron chi connectivity index (χ2n) is 6.63. The maximum absolute atomic E-state index is 12.4. The van der Waals surface area contributed by atoms with Gasteiger partial charge >= 0.3 is 0 Å². The Labute approximate surface area is 158 Å². The number of aryl methyl sites for hydroxylation is 1. The number of nitrogens with zero attached hydrogens (tertiary/aromatic N) is 2. The average Bonchev–Trinajstić information content (AvgIpc) is 3.17. The van der Waals surface area contributed by atoms with E-state index >= 15 is 0 Å². The summed E-state index contributed by atoms with van der Waals surface area (Å²) in [6.45, 7) is 1.86. The molecule has 1 N–H and O–H groups in total. The number of nitrogens with one attached hydrogen (secondary N) is 1. The topological polar surface area (TPSA) is 62.3 Å². The molecule has 2 amide bonds. The number of hydrogen-bond donors (Lipinski definition) is 1. The molecule has 1 saturated heterocycles. The lowest BCUT2D eigenvalue weighted by Crippen LogP contribution is -2.46. The zero-order valence-corrected chi connectivity index (χ0v) is 15.7. The van der Waals surface area contributed by atoms with Gasteiger partial charge in [-0.05, 0) is 24.8 Å². The fourth-order valence-electron chi connectivity index (χ4n) is 3.28. The Morgan fingerprint density at radius 1 is 1.27 bits per heavy atom. The standard InChI is InChI=1S/C20H25N3O2S/c24-19-9-8-17(20(25)22-11-10-18-21-12-14-26-18)15-23(19)13-4-7-16-5-2-1-3-6-16/h1-3,5-6,12,14,17H,4,7-11,13,15H2,(H,22,25)/t17-/m0/s1. The van der Waals surface area contributed by atoms with E-state index in [-0.39, 0.29) is 17.7 Å². The van der Waals surface area contributed by atoms with Crippen molar-refractivity contribution in [3.63, 3.8) is 0 Å². The average molecular weight is 372 g/mol. The Morgan fingerprint density at radius 2 is 2.12 bits per heavy atom. The molecule has 1 fully saturated rings. The predicted molar refractivity (Wildman–Crippen MR) is 103 cm³/mol. The van der Waals surface area contributed by atoms with Crippen molar-refractivity contribution in [3.8, 4) is 0 Å². The van der Waals surface area contributed by atoms with Gasteiger partial charge in [0.2, 0.25) is 11.8 Å². The third-order valence-electron chi connectivity index (χ3n) is 4.73. The van der Waals surface area contributed by atoms with Crippen LogP contribution >= 0.6 is 11.3 Å². The van der Waals surface area contributed by atoms with Crippen LogP contribution in [0.25, 0.3) is 0 Å². The van der Waals surface area contributed by atoms with Gasteiger partial charge in [0.15, 0.2) is 0 Å². The SMILES string of the molecule is O=C(NCCc1nccs1)[C@H]1CCC(=O)N(CCCc2ccccc2)C1. The molecular formula is C20H25N3O2S. The van der Waals surface area contributed by atoms with Gasteiger partial charge in [-0.15, -0.1) is 11.3 Å². The highest BCUT2D eigenvalue weighted by Gasteiger charge is 2.29. The fourth-order valence-corrected chi connectivity index (χ4v) is 3.90. The van der Waals surface area contributed by atoms with E-state index in [1.807, 2.05) is 28.5 Å². The monoisotopic (exact) mass is 371 g/mol. The van der Waals surface area contributed by atoms with Gasteiger partial charge in [-0.1, -0.05) is 30.3 Å². The molecule has 1 aliphatic rings. The molecule has 3 rings (SSSR count). The molecule has 1 aromatic heterocycles. The van der Waals surface area contributed by atoms with Gasteiger partial charge < -0.3 is 10.2 Å². The summed E-state index contributed by atoms with van der Waals surface area (Å²) in [5, 5.41) is 5.97. The number of hydrogen-bond acceptors (Lipinski definition) is 4. The number of benzene rings is 1. The fraction of sp³-hybridized carbons (Fsp3) is 0.450. The van der Waals surface area contributed by atoms with Gasteiger partial charge in [-0.2, -0.15) is 0 Å². The molecule has 0 aliphatic carbocycles. The minimum Gasteiger partial charge on any atom is -0.355 e. The summed E-state index contributed by atoms with van der Waals surface area (Å²) in [7, 11) is 0. The van der Waals surface area contributed by atoms with Crippen LogP contribution in [-0.4, -0.2) is 41.3 Å². The molecule has 5 nitrogen and oxygen atoms in total. The maximum atomic E-state index is 12.4. The van der Waals surface area contributed by atoms with Gasteiger partial charge in [0.25, 0.3) is 0 Å². The first-order valence-electron chi connectivity index (χ1n) is 9.20. The van der Waals surface area contributed by atoms with E-state index in [1.54, 1.807) is 17.5 Å². The van der Waals surface area contributed by atoms with E-state index in [0.29, 0.717) is 25.9 Å². The molecule has 138 valence electrons. The second-order valence-corrected chi connectivity index (χ2v) is 7.61. The number of likely N-dealkylation sites (tertiary alicyclic amines) is 1. The van der Waals surface area contributed by atoms with E-state index in [0.717, 1.165) is 30.8 Å². The van der Waals surface area contributed by atoms with Crippen molar-refractivity contribution in [2.75, 3.05) is 19.6 Å². The van der Waals surface area contributed by atoms with E-state index < -0.39 is 0 Å². The van der Waals surface area contributed by atoms with Crippen molar-refractivity contribution in [1.82, 2.24) is 15.2 Å². The summed E-state index contributed by atoms with van der Waals surface area (Å²) in [6, 6.07) is 10.3. The molecule has 0 radical (unpaired) electrons. The third kappa shape index (κ3) is 5.39. The lowest BCUT2D eigenvalue weighted by Gasteiger charge is -2.32. The van der Waals surface area contributed by atoms with Gasteiger partial charge in [-0.25, -0.2) is 4.98 Å². The highest BCUT2D eigenvalue weighted by Crippen LogP contribution is 2.18. The van der Waals surface area contributed by atoms with Gasteiger partial charge in [0.05, 0.1) is 10.9 Å². The predicted octanol–water partition coefficient (Wildman–Crippen LogP) is 2.67. The normalized spacial score (nSPS) is 17.3.